The highest BCUT2D eigenvalue weighted by molar-refractivity contribution is 5.97. The van der Waals surface area contributed by atoms with E-state index in [2.05, 4.69) is 153 Å². The van der Waals surface area contributed by atoms with E-state index in [9.17, 15) is 0 Å². The first-order valence-electron chi connectivity index (χ1n) is 20.5. The Morgan fingerprint density at radius 2 is 1.00 bits per heavy atom. The number of hydrogen-bond donors (Lipinski definition) is 0. The first-order valence-corrected chi connectivity index (χ1v) is 20.5. The third-order valence-corrected chi connectivity index (χ3v) is 14.7. The molecule has 1 heterocycles. The van der Waals surface area contributed by atoms with Crippen molar-refractivity contribution in [3.05, 3.63) is 168 Å². The van der Waals surface area contributed by atoms with Crippen molar-refractivity contribution in [3.8, 4) is 67.3 Å². The van der Waals surface area contributed by atoms with E-state index in [4.69, 9.17) is 9.97 Å². The highest BCUT2D eigenvalue weighted by Gasteiger charge is 2.63. The molecule has 0 saturated heterocycles. The molecule has 2 nitrogen and oxygen atoms in total. The van der Waals surface area contributed by atoms with Gasteiger partial charge in [-0.05, 0) is 117 Å². The lowest BCUT2D eigenvalue weighted by molar-refractivity contribution is -0.0397. The topological polar surface area (TPSA) is 25.8 Å². The highest BCUT2D eigenvalue weighted by atomic mass is 14.9. The molecule has 0 radical (unpaired) electrons. The molecule has 4 bridgehead atoms. The van der Waals surface area contributed by atoms with Gasteiger partial charge in [0.1, 0.15) is 0 Å². The lowest BCUT2D eigenvalue weighted by Crippen LogP contribution is -2.55. The molecule has 4 fully saturated rings. The molecule has 1 spiro atoms. The van der Waals surface area contributed by atoms with Crippen LogP contribution in [0.15, 0.2) is 146 Å². The fraction of sp³-hybridized carbons (Fsp3) is 0.245. The van der Waals surface area contributed by atoms with Crippen LogP contribution >= 0.6 is 0 Å². The molecule has 0 atom stereocenters. The second kappa shape index (κ2) is 11.5. The van der Waals surface area contributed by atoms with Crippen LogP contribution < -0.4 is 0 Å². The summed E-state index contributed by atoms with van der Waals surface area (Å²) in [5.74, 6) is 3.94. The monoisotopic (exact) mass is 708 g/mol. The summed E-state index contributed by atoms with van der Waals surface area (Å²) in [7, 11) is 0. The number of hydrogen-bond acceptors (Lipinski definition) is 2. The largest absolute Gasteiger partial charge is 0.228 e. The fourth-order valence-corrected chi connectivity index (χ4v) is 12.7. The van der Waals surface area contributed by atoms with E-state index in [1.54, 1.807) is 22.3 Å². The molecule has 0 N–H and O–H groups in total. The predicted octanol–water partition coefficient (Wildman–Crippen LogP) is 13.2. The minimum Gasteiger partial charge on any atom is -0.228 e. The van der Waals surface area contributed by atoms with Crippen LogP contribution in [0, 0.1) is 23.7 Å². The van der Waals surface area contributed by atoms with Gasteiger partial charge >= 0.3 is 0 Å². The van der Waals surface area contributed by atoms with Crippen LogP contribution in [0.25, 0.3) is 67.3 Å². The molecule has 6 aliphatic carbocycles. The van der Waals surface area contributed by atoms with Gasteiger partial charge in [-0.2, -0.15) is 0 Å². The number of benzene rings is 6. The van der Waals surface area contributed by atoms with Crippen molar-refractivity contribution in [2.45, 2.75) is 56.8 Å². The Bertz CT molecular complexity index is 2580. The van der Waals surface area contributed by atoms with Gasteiger partial charge in [0.2, 0.25) is 0 Å². The van der Waals surface area contributed by atoms with Crippen molar-refractivity contribution in [3.63, 3.8) is 0 Å². The zero-order chi connectivity index (χ0) is 36.5. The molecule has 55 heavy (non-hydrogen) atoms. The zero-order valence-electron chi connectivity index (χ0n) is 31.6. The van der Waals surface area contributed by atoms with Gasteiger partial charge in [0, 0.05) is 27.5 Å². The third kappa shape index (κ3) is 4.37. The number of fused-ring (bicyclic) bond motifs is 7. The first kappa shape index (κ1) is 31.7. The Balaban J connectivity index is 1.04. The van der Waals surface area contributed by atoms with Crippen LogP contribution in [0.5, 0.6) is 0 Å². The molecular formula is C53H44N2. The quantitative estimate of drug-likeness (QED) is 0.182. The molecule has 0 amide bonds. The van der Waals surface area contributed by atoms with Crippen LogP contribution in [0.1, 0.15) is 68.2 Å². The molecule has 13 rings (SSSR count). The van der Waals surface area contributed by atoms with E-state index >= 15 is 0 Å². The third-order valence-electron chi connectivity index (χ3n) is 14.7. The molecule has 0 unspecified atom stereocenters. The zero-order valence-corrected chi connectivity index (χ0v) is 31.6. The van der Waals surface area contributed by atoms with Gasteiger partial charge in [0.05, 0.1) is 11.4 Å². The van der Waals surface area contributed by atoms with Crippen molar-refractivity contribution < 1.29 is 0 Å². The summed E-state index contributed by atoms with van der Waals surface area (Å²) in [5, 5.41) is 0. The van der Waals surface area contributed by atoms with Crippen molar-refractivity contribution in [2.24, 2.45) is 23.7 Å². The van der Waals surface area contributed by atoms with Gasteiger partial charge < -0.3 is 0 Å². The summed E-state index contributed by atoms with van der Waals surface area (Å²) in [5.41, 5.74) is 20.1. The second-order valence-corrected chi connectivity index (χ2v) is 17.8. The summed E-state index contributed by atoms with van der Waals surface area (Å²) in [4.78, 5) is 10.2. The van der Waals surface area contributed by atoms with Gasteiger partial charge in [-0.1, -0.05) is 153 Å². The summed E-state index contributed by atoms with van der Waals surface area (Å²) in [6, 6.07) is 53.9. The Kier molecular flexibility index (Phi) is 6.61. The average Bonchev–Trinajstić information content (AvgIpc) is 3.66. The van der Waals surface area contributed by atoms with Crippen molar-refractivity contribution >= 4 is 0 Å². The maximum atomic E-state index is 5.16. The molecule has 1 aromatic heterocycles. The lowest BCUT2D eigenvalue weighted by Gasteiger charge is -2.61. The van der Waals surface area contributed by atoms with Crippen LogP contribution in [-0.2, 0) is 10.8 Å². The number of rotatable bonds is 4. The predicted molar refractivity (Wildman–Crippen MR) is 225 cm³/mol. The molecule has 2 heteroatoms. The minimum absolute atomic E-state index is 0.0572. The molecule has 6 aromatic carbocycles. The molecular weight excluding hydrogens is 665 g/mol. The van der Waals surface area contributed by atoms with Crippen molar-refractivity contribution in [2.75, 3.05) is 0 Å². The summed E-state index contributed by atoms with van der Waals surface area (Å²) >= 11 is 0. The normalized spacial score (nSPS) is 24.4. The fourth-order valence-electron chi connectivity index (χ4n) is 12.7. The molecule has 0 aliphatic heterocycles. The average molecular weight is 709 g/mol. The standard InChI is InChI=1S/C53H44N2/c1-52(2)44-19-10-9-16-41(44)42-24-25-45-48(50(42)52)43-18-11-17-40(49(43)53(45)38-27-32-26-33(29-38)30-39(53)28-32)34-20-22-36(23-21-34)47-31-46(35-12-5-3-6-13-35)54-51(55-47)37-14-7-4-8-15-37/h3-25,31-33,38-39H,26-30H2,1-2H3. The minimum atomic E-state index is -0.0572. The van der Waals surface area contributed by atoms with E-state index in [0.29, 0.717) is 11.8 Å². The lowest BCUT2D eigenvalue weighted by atomic mass is 9.42. The van der Waals surface area contributed by atoms with E-state index in [1.807, 2.05) is 6.07 Å². The summed E-state index contributed by atoms with van der Waals surface area (Å²) in [6.07, 6.45) is 6.96. The number of aromatic nitrogens is 2. The molecule has 6 aliphatic rings. The molecule has 4 saturated carbocycles. The van der Waals surface area contributed by atoms with Crippen LogP contribution in [0.4, 0.5) is 0 Å². The van der Waals surface area contributed by atoms with E-state index in [0.717, 1.165) is 45.7 Å². The first-order chi connectivity index (χ1) is 27.0. The van der Waals surface area contributed by atoms with Gasteiger partial charge in [-0.25, -0.2) is 9.97 Å². The van der Waals surface area contributed by atoms with Gasteiger partial charge in [0.25, 0.3) is 0 Å². The molecule has 7 aromatic rings. The van der Waals surface area contributed by atoms with Crippen molar-refractivity contribution in [1.82, 2.24) is 9.97 Å². The smallest absolute Gasteiger partial charge is 0.160 e. The van der Waals surface area contributed by atoms with Gasteiger partial charge in [-0.3, -0.25) is 0 Å². The van der Waals surface area contributed by atoms with Crippen LogP contribution in [0.2, 0.25) is 0 Å². The van der Waals surface area contributed by atoms with E-state index in [-0.39, 0.29) is 10.8 Å². The summed E-state index contributed by atoms with van der Waals surface area (Å²) < 4.78 is 0. The van der Waals surface area contributed by atoms with Crippen LogP contribution in [-0.4, -0.2) is 9.97 Å². The highest BCUT2D eigenvalue weighted by Crippen LogP contribution is 2.72. The Morgan fingerprint density at radius 3 is 1.69 bits per heavy atom. The summed E-state index contributed by atoms with van der Waals surface area (Å²) in [6.45, 7) is 4.95. The van der Waals surface area contributed by atoms with Crippen molar-refractivity contribution in [1.29, 1.82) is 0 Å². The Morgan fingerprint density at radius 1 is 0.436 bits per heavy atom. The second-order valence-electron chi connectivity index (χ2n) is 17.8. The van der Waals surface area contributed by atoms with Crippen LogP contribution in [0.3, 0.4) is 0 Å². The van der Waals surface area contributed by atoms with E-state index < -0.39 is 0 Å². The number of nitrogens with zero attached hydrogens (tertiary/aromatic N) is 2. The maximum Gasteiger partial charge on any atom is 0.160 e. The Labute approximate surface area is 324 Å². The molecule has 266 valence electrons. The van der Waals surface area contributed by atoms with Gasteiger partial charge in [-0.15, -0.1) is 0 Å². The SMILES string of the molecule is CC1(C)c2ccccc2-c2ccc3c(c21)-c1cccc(-c2ccc(-c4cc(-c5ccccc5)nc(-c5ccccc5)n4)cc2)c1C31C2CC3CC(C2)CC1C3. The van der Waals surface area contributed by atoms with Gasteiger partial charge in [0.15, 0.2) is 5.82 Å². The maximum absolute atomic E-state index is 5.16. The van der Waals surface area contributed by atoms with E-state index in [1.165, 1.54) is 65.5 Å². The Hall–Kier alpha value is -5.60.